The molecule has 0 amide bonds. The molecule has 0 saturated heterocycles. The molecule has 25 heavy (non-hydrogen) atoms. The van der Waals surface area contributed by atoms with E-state index in [1.54, 1.807) is 12.3 Å². The summed E-state index contributed by atoms with van der Waals surface area (Å²) in [6.07, 6.45) is 1.72. The second kappa shape index (κ2) is 9.11. The molecule has 0 spiro atoms. The predicted molar refractivity (Wildman–Crippen MR) is 109 cm³/mol. The number of benzene rings is 2. The number of nitrogens with zero attached hydrogens (tertiary/aromatic N) is 3. The van der Waals surface area contributed by atoms with Gasteiger partial charge in [0, 0.05) is 55.4 Å². The zero-order valence-electron chi connectivity index (χ0n) is 15.7. The van der Waals surface area contributed by atoms with Crippen molar-refractivity contribution in [2.45, 2.75) is 27.7 Å². The number of hydrogen-bond donors (Lipinski definition) is 1. The van der Waals surface area contributed by atoms with Crippen molar-refractivity contribution in [1.82, 2.24) is 0 Å². The monoisotopic (exact) mass is 339 g/mol. The van der Waals surface area contributed by atoms with Crippen LogP contribution in [0.4, 0.5) is 17.1 Å². The normalized spacial score (nSPS) is 11.0. The number of phenols is 1. The molecule has 4 nitrogen and oxygen atoms in total. The predicted octanol–water partition coefficient (Wildman–Crippen LogP) is 4.84. The van der Waals surface area contributed by atoms with Crippen molar-refractivity contribution in [1.29, 1.82) is 0 Å². The molecule has 2 rings (SSSR count). The zero-order valence-corrected chi connectivity index (χ0v) is 15.7. The number of aliphatic imine (C=N–C) groups is 1. The number of hydrogen-bond acceptors (Lipinski definition) is 4. The molecule has 0 unspecified atom stereocenters. The molecular weight excluding hydrogens is 310 g/mol. The Bertz CT molecular complexity index is 687. The largest absolute Gasteiger partial charge is 0.507 e. The van der Waals surface area contributed by atoms with Gasteiger partial charge in [0.15, 0.2) is 0 Å². The average molecular weight is 339 g/mol. The number of phenolic OH excluding ortho intramolecular Hbond substituents is 1. The van der Waals surface area contributed by atoms with Crippen LogP contribution in [0.2, 0.25) is 0 Å². The van der Waals surface area contributed by atoms with Gasteiger partial charge in [-0.25, -0.2) is 0 Å². The molecule has 0 bridgehead atoms. The van der Waals surface area contributed by atoms with E-state index in [1.807, 2.05) is 24.3 Å². The van der Waals surface area contributed by atoms with Crippen LogP contribution in [0.25, 0.3) is 0 Å². The van der Waals surface area contributed by atoms with E-state index in [9.17, 15) is 5.11 Å². The highest BCUT2D eigenvalue weighted by atomic mass is 16.3. The van der Waals surface area contributed by atoms with E-state index in [1.165, 1.54) is 5.69 Å². The van der Waals surface area contributed by atoms with Gasteiger partial charge in [-0.2, -0.15) is 0 Å². The average Bonchev–Trinajstić information content (AvgIpc) is 2.64. The molecule has 4 heteroatoms. The maximum Gasteiger partial charge on any atom is 0.126 e. The van der Waals surface area contributed by atoms with Crippen LogP contribution < -0.4 is 9.80 Å². The molecule has 0 heterocycles. The van der Waals surface area contributed by atoms with Crippen molar-refractivity contribution in [3.8, 4) is 5.75 Å². The van der Waals surface area contributed by atoms with Gasteiger partial charge in [-0.05, 0) is 64.1 Å². The van der Waals surface area contributed by atoms with Crippen molar-refractivity contribution in [3.63, 3.8) is 0 Å². The lowest BCUT2D eigenvalue weighted by atomic mass is 10.1. The summed E-state index contributed by atoms with van der Waals surface area (Å²) in [4.78, 5) is 8.98. The minimum Gasteiger partial charge on any atom is -0.507 e. The van der Waals surface area contributed by atoms with E-state index in [4.69, 9.17) is 0 Å². The first-order valence-corrected chi connectivity index (χ1v) is 9.09. The van der Waals surface area contributed by atoms with E-state index in [0.717, 1.165) is 43.1 Å². The summed E-state index contributed by atoms with van der Waals surface area (Å²) in [5.74, 6) is 0.257. The molecule has 134 valence electrons. The molecule has 0 saturated carbocycles. The number of aromatic hydroxyl groups is 1. The van der Waals surface area contributed by atoms with Gasteiger partial charge < -0.3 is 14.9 Å². The molecule has 0 aliphatic rings. The maximum atomic E-state index is 10.3. The van der Waals surface area contributed by atoms with Crippen molar-refractivity contribution < 1.29 is 5.11 Å². The van der Waals surface area contributed by atoms with Crippen LogP contribution in [0, 0.1) is 0 Å². The smallest absolute Gasteiger partial charge is 0.126 e. The van der Waals surface area contributed by atoms with Crippen LogP contribution in [-0.2, 0) is 0 Å². The second-order valence-electron chi connectivity index (χ2n) is 5.86. The third-order valence-electron chi connectivity index (χ3n) is 4.47. The summed E-state index contributed by atoms with van der Waals surface area (Å²) in [5, 5.41) is 10.3. The Hall–Kier alpha value is -2.49. The lowest BCUT2D eigenvalue weighted by Gasteiger charge is -2.21. The van der Waals surface area contributed by atoms with Gasteiger partial charge in [0.1, 0.15) is 5.75 Å². The first-order chi connectivity index (χ1) is 12.1. The zero-order chi connectivity index (χ0) is 18.2. The Balaban J connectivity index is 2.13. The second-order valence-corrected chi connectivity index (χ2v) is 5.86. The van der Waals surface area contributed by atoms with Gasteiger partial charge in [0.2, 0.25) is 0 Å². The van der Waals surface area contributed by atoms with Crippen molar-refractivity contribution in [3.05, 3.63) is 48.0 Å². The highest BCUT2D eigenvalue weighted by molar-refractivity contribution is 5.86. The third kappa shape index (κ3) is 4.75. The first kappa shape index (κ1) is 18.8. The molecule has 0 radical (unpaired) electrons. The summed E-state index contributed by atoms with van der Waals surface area (Å²) in [6, 6.07) is 13.9. The quantitative estimate of drug-likeness (QED) is 0.700. The van der Waals surface area contributed by atoms with Crippen LogP contribution in [0.1, 0.15) is 33.3 Å². The van der Waals surface area contributed by atoms with E-state index >= 15 is 0 Å². The minimum absolute atomic E-state index is 0.257. The van der Waals surface area contributed by atoms with Gasteiger partial charge in [0.05, 0.1) is 5.69 Å². The summed E-state index contributed by atoms with van der Waals surface area (Å²) in [7, 11) is 0. The Morgan fingerprint density at radius 2 is 1.32 bits per heavy atom. The van der Waals surface area contributed by atoms with Crippen molar-refractivity contribution >= 4 is 23.3 Å². The Labute approximate surface area is 151 Å². The first-order valence-electron chi connectivity index (χ1n) is 9.09. The molecule has 0 fully saturated rings. The lowest BCUT2D eigenvalue weighted by Crippen LogP contribution is -2.21. The van der Waals surface area contributed by atoms with Gasteiger partial charge >= 0.3 is 0 Å². The van der Waals surface area contributed by atoms with E-state index in [2.05, 4.69) is 54.6 Å². The van der Waals surface area contributed by atoms with Gasteiger partial charge in [0.25, 0.3) is 0 Å². The maximum absolute atomic E-state index is 10.3. The van der Waals surface area contributed by atoms with Crippen LogP contribution in [0.5, 0.6) is 5.75 Å². The Morgan fingerprint density at radius 3 is 1.84 bits per heavy atom. The van der Waals surface area contributed by atoms with Gasteiger partial charge in [-0.3, -0.25) is 4.99 Å². The molecule has 0 aromatic heterocycles. The summed E-state index contributed by atoms with van der Waals surface area (Å²) >= 11 is 0. The van der Waals surface area contributed by atoms with Crippen LogP contribution in [0.15, 0.2) is 47.5 Å². The fourth-order valence-electron chi connectivity index (χ4n) is 2.91. The Morgan fingerprint density at radius 1 is 0.800 bits per heavy atom. The van der Waals surface area contributed by atoms with Crippen molar-refractivity contribution in [2.24, 2.45) is 4.99 Å². The number of rotatable bonds is 8. The van der Waals surface area contributed by atoms with Crippen LogP contribution in [0.3, 0.4) is 0 Å². The lowest BCUT2D eigenvalue weighted by molar-refractivity contribution is 0.474. The standard InChI is InChI=1S/C21H29N3O/c1-5-23(6-2)19-13-10-18(11-14-19)22-16-17-9-12-20(15-21(17)25)24(7-3)8-4/h9-16,25H,5-8H2,1-4H3. The van der Waals surface area contributed by atoms with E-state index in [0.29, 0.717) is 0 Å². The molecule has 0 atom stereocenters. The Kier molecular flexibility index (Phi) is 6.87. The topological polar surface area (TPSA) is 39.1 Å². The van der Waals surface area contributed by atoms with Crippen LogP contribution >= 0.6 is 0 Å². The molecule has 2 aromatic carbocycles. The molecule has 2 aromatic rings. The summed E-state index contributed by atoms with van der Waals surface area (Å²) in [5.41, 5.74) is 3.84. The highest BCUT2D eigenvalue weighted by Gasteiger charge is 2.06. The highest BCUT2D eigenvalue weighted by Crippen LogP contribution is 2.25. The SMILES string of the molecule is CCN(CC)c1ccc(N=Cc2ccc(N(CC)CC)cc2O)cc1. The van der Waals surface area contributed by atoms with E-state index < -0.39 is 0 Å². The molecule has 1 N–H and O–H groups in total. The van der Waals surface area contributed by atoms with Crippen molar-refractivity contribution in [2.75, 3.05) is 36.0 Å². The van der Waals surface area contributed by atoms with Gasteiger partial charge in [-0.1, -0.05) is 0 Å². The van der Waals surface area contributed by atoms with Crippen LogP contribution in [-0.4, -0.2) is 37.5 Å². The molecular formula is C21H29N3O. The summed E-state index contributed by atoms with van der Waals surface area (Å²) in [6.45, 7) is 12.3. The number of anilines is 2. The molecule has 0 aliphatic carbocycles. The molecule has 0 aliphatic heterocycles. The van der Waals surface area contributed by atoms with Gasteiger partial charge in [-0.15, -0.1) is 0 Å². The fraction of sp³-hybridized carbons (Fsp3) is 0.381. The summed E-state index contributed by atoms with van der Waals surface area (Å²) < 4.78 is 0. The fourth-order valence-corrected chi connectivity index (χ4v) is 2.91. The minimum atomic E-state index is 0.257. The van der Waals surface area contributed by atoms with E-state index in [-0.39, 0.29) is 5.75 Å². The third-order valence-corrected chi connectivity index (χ3v) is 4.47.